The summed E-state index contributed by atoms with van der Waals surface area (Å²) in [5.74, 6) is 0.0580. The molecule has 0 unspecified atom stereocenters. The van der Waals surface area contributed by atoms with Crippen molar-refractivity contribution in [1.29, 1.82) is 0 Å². The number of aryl methyl sites for hydroxylation is 2. The average molecular weight is 457 g/mol. The summed E-state index contributed by atoms with van der Waals surface area (Å²) in [4.78, 5) is 35.3. The Morgan fingerprint density at radius 2 is 1.76 bits per heavy atom. The number of nitro benzene ring substituents is 1. The Balaban J connectivity index is 1.51. The molecule has 1 aromatic heterocycles. The molecule has 0 amide bonds. The summed E-state index contributed by atoms with van der Waals surface area (Å²) in [5, 5.41) is 11.1. The summed E-state index contributed by atoms with van der Waals surface area (Å²) in [5.41, 5.74) is 2.28. The van der Waals surface area contributed by atoms with E-state index >= 15 is 0 Å². The first-order chi connectivity index (χ1) is 16.3. The zero-order chi connectivity index (χ0) is 24.2. The predicted octanol–water partition coefficient (Wildman–Crippen LogP) is 5.73. The van der Waals surface area contributed by atoms with Crippen molar-refractivity contribution in [3.05, 3.63) is 110 Å². The van der Waals surface area contributed by atoms with Crippen LogP contribution in [0.2, 0.25) is 0 Å². The minimum absolute atomic E-state index is 0.0436. The molecular weight excluding hydrogens is 438 g/mol. The number of esters is 1. The maximum atomic E-state index is 12.8. The second-order valence-corrected chi connectivity index (χ2v) is 7.62. The Morgan fingerprint density at radius 3 is 2.50 bits per heavy atom. The maximum Gasteiger partial charge on any atom is 0.336 e. The molecule has 4 aromatic rings. The molecule has 4 rings (SSSR count). The SMILES string of the molecule is Cc1cc(C)cc(Oc2coc3cc(OC(=O)C=Cc4cccc([N+](=O)[O-])c4)ccc3c2=O)c1. The van der Waals surface area contributed by atoms with Gasteiger partial charge in [-0.05, 0) is 60.9 Å². The van der Waals surface area contributed by atoms with Crippen molar-refractivity contribution in [3.63, 3.8) is 0 Å². The summed E-state index contributed by atoms with van der Waals surface area (Å²) in [6.07, 6.45) is 3.78. The third-order valence-corrected chi connectivity index (χ3v) is 4.85. The number of nitrogens with zero attached hydrogens (tertiary/aromatic N) is 1. The van der Waals surface area contributed by atoms with Gasteiger partial charge in [-0.3, -0.25) is 14.9 Å². The van der Waals surface area contributed by atoms with Gasteiger partial charge in [0.05, 0.1) is 10.3 Å². The van der Waals surface area contributed by atoms with Crippen LogP contribution in [0.25, 0.3) is 17.0 Å². The van der Waals surface area contributed by atoms with Crippen LogP contribution < -0.4 is 14.9 Å². The highest BCUT2D eigenvalue weighted by molar-refractivity contribution is 5.89. The molecule has 34 heavy (non-hydrogen) atoms. The zero-order valence-electron chi connectivity index (χ0n) is 18.3. The fourth-order valence-electron chi connectivity index (χ4n) is 3.40. The van der Waals surface area contributed by atoms with E-state index in [1.54, 1.807) is 6.07 Å². The number of nitro groups is 1. The normalized spacial score (nSPS) is 11.0. The van der Waals surface area contributed by atoms with E-state index in [1.165, 1.54) is 48.7 Å². The van der Waals surface area contributed by atoms with Crippen molar-refractivity contribution in [2.24, 2.45) is 0 Å². The number of fused-ring (bicyclic) bond motifs is 1. The van der Waals surface area contributed by atoms with Crippen LogP contribution in [0, 0.1) is 24.0 Å². The molecule has 0 saturated carbocycles. The van der Waals surface area contributed by atoms with Gasteiger partial charge in [-0.2, -0.15) is 0 Å². The van der Waals surface area contributed by atoms with E-state index in [0.29, 0.717) is 11.3 Å². The van der Waals surface area contributed by atoms with E-state index in [2.05, 4.69) is 0 Å². The van der Waals surface area contributed by atoms with E-state index in [1.807, 2.05) is 32.0 Å². The van der Waals surface area contributed by atoms with Crippen molar-refractivity contribution < 1.29 is 23.6 Å². The molecule has 8 heteroatoms. The van der Waals surface area contributed by atoms with E-state index in [4.69, 9.17) is 13.9 Å². The minimum Gasteiger partial charge on any atom is -0.460 e. The van der Waals surface area contributed by atoms with Gasteiger partial charge in [0.15, 0.2) is 0 Å². The van der Waals surface area contributed by atoms with Crippen molar-refractivity contribution in [2.75, 3.05) is 0 Å². The summed E-state index contributed by atoms with van der Waals surface area (Å²) < 4.78 is 16.5. The van der Waals surface area contributed by atoms with Crippen molar-refractivity contribution in [1.82, 2.24) is 0 Å². The van der Waals surface area contributed by atoms with Crippen molar-refractivity contribution >= 4 is 28.7 Å². The fourth-order valence-corrected chi connectivity index (χ4v) is 3.40. The first-order valence-corrected chi connectivity index (χ1v) is 10.2. The fraction of sp³-hybridized carbons (Fsp3) is 0.0769. The number of carbonyl (C=O) groups excluding carboxylic acids is 1. The third kappa shape index (κ3) is 5.18. The molecule has 0 spiro atoms. The monoisotopic (exact) mass is 457 g/mol. The average Bonchev–Trinajstić information content (AvgIpc) is 2.79. The number of benzene rings is 3. The number of hydrogen-bond donors (Lipinski definition) is 0. The van der Waals surface area contributed by atoms with E-state index in [9.17, 15) is 19.7 Å². The van der Waals surface area contributed by atoms with Gasteiger partial charge >= 0.3 is 5.97 Å². The van der Waals surface area contributed by atoms with Crippen LogP contribution in [0.15, 0.2) is 82.2 Å². The number of non-ortho nitro benzene ring substituents is 1. The Bertz CT molecular complexity index is 1480. The molecule has 0 saturated heterocycles. The number of carbonyl (C=O) groups is 1. The van der Waals surface area contributed by atoms with Gasteiger partial charge in [-0.1, -0.05) is 18.2 Å². The number of rotatable bonds is 6. The molecule has 0 fully saturated rings. The Labute approximate surface area is 193 Å². The van der Waals surface area contributed by atoms with Crippen LogP contribution in [-0.2, 0) is 4.79 Å². The molecular formula is C26H19NO7. The molecule has 3 aromatic carbocycles. The molecule has 0 radical (unpaired) electrons. The standard InChI is InChI=1S/C26H19NO7/c1-16-10-17(2)12-21(11-16)33-24-15-32-23-14-20(7-8-22(23)26(24)29)34-25(28)9-6-18-4-3-5-19(13-18)27(30)31/h3-15H,1-2H3. The quantitative estimate of drug-likeness (QED) is 0.120. The molecule has 0 aliphatic carbocycles. The van der Waals surface area contributed by atoms with Crippen LogP contribution in [0.1, 0.15) is 16.7 Å². The van der Waals surface area contributed by atoms with Crippen molar-refractivity contribution in [2.45, 2.75) is 13.8 Å². The first-order valence-electron chi connectivity index (χ1n) is 10.2. The lowest BCUT2D eigenvalue weighted by molar-refractivity contribution is -0.384. The second-order valence-electron chi connectivity index (χ2n) is 7.62. The van der Waals surface area contributed by atoms with Gasteiger partial charge in [-0.25, -0.2) is 4.79 Å². The summed E-state index contributed by atoms with van der Waals surface area (Å²) in [6, 6.07) is 15.9. The predicted molar refractivity (Wildman–Crippen MR) is 126 cm³/mol. The van der Waals surface area contributed by atoms with Crippen LogP contribution in [0.5, 0.6) is 17.2 Å². The molecule has 170 valence electrons. The Kier molecular flexibility index (Phi) is 6.22. The Morgan fingerprint density at radius 1 is 1.00 bits per heavy atom. The third-order valence-electron chi connectivity index (χ3n) is 4.85. The van der Waals surface area contributed by atoms with Crippen LogP contribution in [0.4, 0.5) is 5.69 Å². The molecule has 8 nitrogen and oxygen atoms in total. The molecule has 0 N–H and O–H groups in total. The van der Waals surface area contributed by atoms with Gasteiger partial charge < -0.3 is 13.9 Å². The number of hydrogen-bond acceptors (Lipinski definition) is 7. The van der Waals surface area contributed by atoms with Gasteiger partial charge in [0.25, 0.3) is 5.69 Å². The van der Waals surface area contributed by atoms with E-state index in [-0.39, 0.29) is 33.6 Å². The Hall–Kier alpha value is -4.72. The van der Waals surface area contributed by atoms with E-state index in [0.717, 1.165) is 17.2 Å². The topological polar surface area (TPSA) is 109 Å². The minimum atomic E-state index is -0.692. The van der Waals surface area contributed by atoms with Crippen LogP contribution in [-0.4, -0.2) is 10.9 Å². The lowest BCUT2D eigenvalue weighted by atomic mass is 10.1. The summed E-state index contributed by atoms with van der Waals surface area (Å²) >= 11 is 0. The lowest BCUT2D eigenvalue weighted by Gasteiger charge is -2.08. The van der Waals surface area contributed by atoms with Gasteiger partial charge in [0.2, 0.25) is 11.2 Å². The highest BCUT2D eigenvalue weighted by Gasteiger charge is 2.12. The summed E-state index contributed by atoms with van der Waals surface area (Å²) in [7, 11) is 0. The maximum absolute atomic E-state index is 12.8. The largest absolute Gasteiger partial charge is 0.460 e. The first kappa shape index (κ1) is 22.5. The molecule has 0 atom stereocenters. The number of ether oxygens (including phenoxy) is 2. The van der Waals surface area contributed by atoms with Gasteiger partial charge in [0, 0.05) is 24.3 Å². The van der Waals surface area contributed by atoms with E-state index < -0.39 is 10.9 Å². The molecule has 0 aliphatic heterocycles. The highest BCUT2D eigenvalue weighted by Crippen LogP contribution is 2.25. The van der Waals surface area contributed by atoms with Crippen LogP contribution >= 0.6 is 0 Å². The van der Waals surface area contributed by atoms with Gasteiger partial charge in [-0.15, -0.1) is 0 Å². The van der Waals surface area contributed by atoms with Crippen molar-refractivity contribution in [3.8, 4) is 17.2 Å². The van der Waals surface area contributed by atoms with Gasteiger partial charge in [0.1, 0.15) is 23.3 Å². The lowest BCUT2D eigenvalue weighted by Crippen LogP contribution is -2.06. The molecule has 0 aliphatic rings. The molecule has 1 heterocycles. The van der Waals surface area contributed by atoms with Crippen LogP contribution in [0.3, 0.4) is 0 Å². The zero-order valence-corrected chi connectivity index (χ0v) is 18.3. The summed E-state index contributed by atoms with van der Waals surface area (Å²) in [6.45, 7) is 3.87. The smallest absolute Gasteiger partial charge is 0.336 e. The molecule has 0 bridgehead atoms. The highest BCUT2D eigenvalue weighted by atomic mass is 16.6. The second kappa shape index (κ2) is 9.41.